The minimum absolute atomic E-state index is 0.109. The monoisotopic (exact) mass is 311 g/mol. The lowest BCUT2D eigenvalue weighted by atomic mass is 10.1. The molecule has 0 aliphatic carbocycles. The van der Waals surface area contributed by atoms with Crippen molar-refractivity contribution in [3.63, 3.8) is 0 Å². The largest absolute Gasteiger partial charge is 0.334 e. The van der Waals surface area contributed by atoms with Crippen molar-refractivity contribution >= 4 is 23.2 Å². The van der Waals surface area contributed by atoms with Crippen LogP contribution < -0.4 is 0 Å². The van der Waals surface area contributed by atoms with Gasteiger partial charge in [-0.3, -0.25) is 14.9 Å². The zero-order valence-corrected chi connectivity index (χ0v) is 12.8. The Labute approximate surface area is 128 Å². The molecule has 0 bridgehead atoms. The fraction of sp³-hybridized carbons (Fsp3) is 0.500. The van der Waals surface area contributed by atoms with E-state index in [0.717, 1.165) is 19.4 Å². The summed E-state index contributed by atoms with van der Waals surface area (Å²) in [6.45, 7) is 1.50. The second-order valence-corrected chi connectivity index (χ2v) is 5.89. The van der Waals surface area contributed by atoms with Gasteiger partial charge < -0.3 is 9.80 Å². The van der Waals surface area contributed by atoms with E-state index in [4.69, 9.17) is 11.6 Å². The lowest BCUT2D eigenvalue weighted by Gasteiger charge is -2.27. The molecular formula is C14H18ClN3O3. The highest BCUT2D eigenvalue weighted by molar-refractivity contribution is 6.34. The van der Waals surface area contributed by atoms with Crippen LogP contribution in [-0.4, -0.2) is 53.9 Å². The number of nitro benzene ring substituents is 1. The molecule has 1 aromatic carbocycles. The number of hydrogen-bond acceptors (Lipinski definition) is 4. The van der Waals surface area contributed by atoms with E-state index in [1.807, 2.05) is 23.9 Å². The van der Waals surface area contributed by atoms with E-state index in [1.54, 1.807) is 0 Å². The van der Waals surface area contributed by atoms with Crippen molar-refractivity contribution in [2.24, 2.45) is 0 Å². The normalized spacial score (nSPS) is 18.3. The maximum atomic E-state index is 12.6. The Morgan fingerprint density at radius 3 is 2.81 bits per heavy atom. The molecule has 0 N–H and O–H groups in total. The number of non-ortho nitro benzene ring substituents is 1. The molecule has 0 radical (unpaired) electrons. The number of rotatable bonds is 4. The summed E-state index contributed by atoms with van der Waals surface area (Å²) in [5.41, 5.74) is 0.218. The van der Waals surface area contributed by atoms with E-state index in [9.17, 15) is 14.9 Å². The van der Waals surface area contributed by atoms with Crippen LogP contribution in [0.3, 0.4) is 0 Å². The standard InChI is InChI=1S/C14H18ClN3O3/c1-16(2)9-11-4-3-7-17(11)14(19)12-6-5-10(18(20)21)8-13(12)15/h5-6,8,11H,3-4,7,9H2,1-2H3. The summed E-state index contributed by atoms with van der Waals surface area (Å²) in [6.07, 6.45) is 1.93. The van der Waals surface area contributed by atoms with Crippen LogP contribution in [-0.2, 0) is 0 Å². The number of amides is 1. The van der Waals surface area contributed by atoms with Gasteiger partial charge in [-0.15, -0.1) is 0 Å². The van der Waals surface area contributed by atoms with Gasteiger partial charge in [0.05, 0.1) is 15.5 Å². The molecule has 0 saturated carbocycles. The van der Waals surface area contributed by atoms with Crippen LogP contribution in [0.2, 0.25) is 5.02 Å². The Morgan fingerprint density at radius 1 is 1.52 bits per heavy atom. The minimum Gasteiger partial charge on any atom is -0.334 e. The maximum absolute atomic E-state index is 12.6. The average Bonchev–Trinajstić information content (AvgIpc) is 2.85. The molecule has 0 aromatic heterocycles. The van der Waals surface area contributed by atoms with E-state index in [2.05, 4.69) is 0 Å². The first-order chi connectivity index (χ1) is 9.90. The minimum atomic E-state index is -0.523. The fourth-order valence-corrected chi connectivity index (χ4v) is 2.92. The van der Waals surface area contributed by atoms with Gasteiger partial charge in [0, 0.05) is 31.3 Å². The Hall–Kier alpha value is -1.66. The van der Waals surface area contributed by atoms with Crippen LogP contribution in [0.1, 0.15) is 23.2 Å². The van der Waals surface area contributed by atoms with Crippen LogP contribution >= 0.6 is 11.6 Å². The molecule has 21 heavy (non-hydrogen) atoms. The van der Waals surface area contributed by atoms with Crippen molar-refractivity contribution in [3.05, 3.63) is 38.9 Å². The van der Waals surface area contributed by atoms with Crippen LogP contribution in [0.5, 0.6) is 0 Å². The number of halogens is 1. The second-order valence-electron chi connectivity index (χ2n) is 5.48. The number of nitro groups is 1. The van der Waals surface area contributed by atoms with Crippen molar-refractivity contribution in [2.75, 3.05) is 27.2 Å². The van der Waals surface area contributed by atoms with Crippen molar-refractivity contribution in [1.29, 1.82) is 0 Å². The van der Waals surface area contributed by atoms with Gasteiger partial charge in [0.2, 0.25) is 0 Å². The number of likely N-dealkylation sites (N-methyl/N-ethyl adjacent to an activating group) is 1. The predicted molar refractivity (Wildman–Crippen MR) is 80.7 cm³/mol. The number of carbonyl (C=O) groups excluding carboxylic acids is 1. The first-order valence-electron chi connectivity index (χ1n) is 6.80. The molecule has 6 nitrogen and oxygen atoms in total. The second kappa shape index (κ2) is 6.41. The van der Waals surface area contributed by atoms with Crippen LogP contribution in [0.4, 0.5) is 5.69 Å². The maximum Gasteiger partial charge on any atom is 0.270 e. The van der Waals surface area contributed by atoms with Gasteiger partial charge in [0.25, 0.3) is 11.6 Å². The van der Waals surface area contributed by atoms with Crippen molar-refractivity contribution in [1.82, 2.24) is 9.80 Å². The van der Waals surface area contributed by atoms with Crippen molar-refractivity contribution < 1.29 is 9.72 Å². The number of nitrogens with zero attached hydrogens (tertiary/aromatic N) is 3. The topological polar surface area (TPSA) is 66.7 Å². The van der Waals surface area contributed by atoms with E-state index < -0.39 is 4.92 Å². The first-order valence-corrected chi connectivity index (χ1v) is 7.17. The highest BCUT2D eigenvalue weighted by atomic mass is 35.5. The third-order valence-electron chi connectivity index (χ3n) is 3.61. The summed E-state index contributed by atoms with van der Waals surface area (Å²) in [5.74, 6) is -0.153. The van der Waals surface area contributed by atoms with E-state index in [1.165, 1.54) is 18.2 Å². The summed E-state index contributed by atoms with van der Waals surface area (Å²) in [7, 11) is 3.94. The third kappa shape index (κ3) is 3.51. The van der Waals surface area contributed by atoms with Gasteiger partial charge in [0.15, 0.2) is 0 Å². The van der Waals surface area contributed by atoms with Gasteiger partial charge in [-0.2, -0.15) is 0 Å². The molecule has 1 aliphatic rings. The highest BCUT2D eigenvalue weighted by Crippen LogP contribution is 2.27. The lowest BCUT2D eigenvalue weighted by molar-refractivity contribution is -0.384. The molecule has 1 atom stereocenters. The molecule has 2 rings (SSSR count). The predicted octanol–water partition coefficient (Wildman–Crippen LogP) is 2.41. The summed E-state index contributed by atoms with van der Waals surface area (Å²) < 4.78 is 0. The summed E-state index contributed by atoms with van der Waals surface area (Å²) in [4.78, 5) is 26.6. The highest BCUT2D eigenvalue weighted by Gasteiger charge is 2.30. The van der Waals surface area contributed by atoms with Crippen molar-refractivity contribution in [3.8, 4) is 0 Å². The Balaban J connectivity index is 2.21. The smallest absolute Gasteiger partial charge is 0.270 e. The van der Waals surface area contributed by atoms with Gasteiger partial charge in [0.1, 0.15) is 0 Å². The molecule has 114 valence electrons. The van der Waals surface area contributed by atoms with Crippen molar-refractivity contribution in [2.45, 2.75) is 18.9 Å². The zero-order chi connectivity index (χ0) is 15.6. The lowest BCUT2D eigenvalue weighted by Crippen LogP contribution is -2.41. The van der Waals surface area contributed by atoms with E-state index in [-0.39, 0.29) is 22.7 Å². The Bertz CT molecular complexity index is 562. The molecule has 1 heterocycles. The third-order valence-corrected chi connectivity index (χ3v) is 3.92. The number of likely N-dealkylation sites (tertiary alicyclic amines) is 1. The zero-order valence-electron chi connectivity index (χ0n) is 12.1. The molecule has 1 fully saturated rings. The summed E-state index contributed by atoms with van der Waals surface area (Å²) >= 11 is 6.04. The fourth-order valence-electron chi connectivity index (χ4n) is 2.66. The van der Waals surface area contributed by atoms with Crippen LogP contribution in [0, 0.1) is 10.1 Å². The first kappa shape index (κ1) is 15.7. The van der Waals surface area contributed by atoms with Gasteiger partial charge >= 0.3 is 0 Å². The van der Waals surface area contributed by atoms with E-state index >= 15 is 0 Å². The number of hydrogen-bond donors (Lipinski definition) is 0. The molecule has 1 aliphatic heterocycles. The van der Waals surface area contributed by atoms with Gasteiger partial charge in [-0.1, -0.05) is 11.6 Å². The quantitative estimate of drug-likeness (QED) is 0.632. The molecule has 7 heteroatoms. The van der Waals surface area contributed by atoms with E-state index in [0.29, 0.717) is 12.1 Å². The molecule has 1 amide bonds. The number of benzene rings is 1. The molecule has 0 spiro atoms. The summed E-state index contributed by atoms with van der Waals surface area (Å²) in [6, 6.07) is 4.15. The molecule has 1 aromatic rings. The SMILES string of the molecule is CN(C)CC1CCCN1C(=O)c1ccc([N+](=O)[O-])cc1Cl. The Kier molecular flexibility index (Phi) is 4.80. The van der Waals surface area contributed by atoms with Crippen LogP contribution in [0.15, 0.2) is 18.2 Å². The molecular weight excluding hydrogens is 294 g/mol. The van der Waals surface area contributed by atoms with Gasteiger partial charge in [-0.25, -0.2) is 0 Å². The van der Waals surface area contributed by atoms with Gasteiger partial charge in [-0.05, 0) is 33.0 Å². The summed E-state index contributed by atoms with van der Waals surface area (Å²) in [5, 5.41) is 10.8. The molecule has 1 saturated heterocycles. The average molecular weight is 312 g/mol. The molecule has 1 unspecified atom stereocenters. The van der Waals surface area contributed by atoms with Crippen LogP contribution in [0.25, 0.3) is 0 Å². The number of carbonyl (C=O) groups is 1. The Morgan fingerprint density at radius 2 is 2.24 bits per heavy atom.